The molecule has 0 aromatic rings. The predicted octanol–water partition coefficient (Wildman–Crippen LogP) is 3.06. The van der Waals surface area contributed by atoms with E-state index in [1.165, 1.54) is 32.1 Å². The topological polar surface area (TPSA) is 68.9 Å². The van der Waals surface area contributed by atoms with Gasteiger partial charge in [-0.1, -0.05) is 19.3 Å². The van der Waals surface area contributed by atoms with Crippen LogP contribution in [0.15, 0.2) is 4.99 Å². The van der Waals surface area contributed by atoms with Crippen LogP contribution in [0.5, 0.6) is 0 Å². The summed E-state index contributed by atoms with van der Waals surface area (Å²) in [6.45, 7) is 7.15. The van der Waals surface area contributed by atoms with E-state index in [9.17, 15) is 0 Å². The van der Waals surface area contributed by atoms with E-state index in [2.05, 4.69) is 17.2 Å². The molecule has 2 aliphatic carbocycles. The van der Waals surface area contributed by atoms with E-state index in [0.29, 0.717) is 23.5 Å². The van der Waals surface area contributed by atoms with E-state index in [1.807, 2.05) is 6.92 Å². The van der Waals surface area contributed by atoms with E-state index in [-0.39, 0.29) is 24.0 Å². The van der Waals surface area contributed by atoms with Crippen molar-refractivity contribution in [2.24, 2.45) is 16.1 Å². The van der Waals surface area contributed by atoms with Gasteiger partial charge in [0.05, 0.1) is 6.10 Å². The summed E-state index contributed by atoms with van der Waals surface area (Å²) >= 11 is 0. The Kier molecular flexibility index (Phi) is 9.77. The van der Waals surface area contributed by atoms with Gasteiger partial charge in [0.1, 0.15) is 0 Å². The molecule has 0 aromatic heterocycles. The maximum Gasteiger partial charge on any atom is 0.188 e. The Morgan fingerprint density at radius 3 is 2.61 bits per heavy atom. The van der Waals surface area contributed by atoms with Gasteiger partial charge in [0.15, 0.2) is 5.96 Å². The van der Waals surface area contributed by atoms with Gasteiger partial charge in [0.25, 0.3) is 0 Å². The van der Waals surface area contributed by atoms with Crippen LogP contribution in [0.3, 0.4) is 0 Å². The average Bonchev–Trinajstić information content (AvgIpc) is 2.54. The molecule has 5 nitrogen and oxygen atoms in total. The lowest BCUT2D eigenvalue weighted by atomic mass is 9.55. The summed E-state index contributed by atoms with van der Waals surface area (Å²) in [5, 5.41) is 3.46. The van der Waals surface area contributed by atoms with Crippen molar-refractivity contribution in [3.05, 3.63) is 0 Å². The lowest BCUT2D eigenvalue weighted by Crippen LogP contribution is -2.66. The second-order valence-electron chi connectivity index (χ2n) is 6.49. The third-order valence-corrected chi connectivity index (χ3v) is 5.19. The van der Waals surface area contributed by atoms with E-state index in [1.54, 1.807) is 0 Å². The standard InChI is InChI=1S/C17H33N3O2.HI/c1-3-21-12-8-11-19-16(18)20-14-13-15(22-4-2)17(14)9-6-5-7-10-17;/h14-15H,3-13H2,1-2H3,(H3,18,19,20);1H. The Bertz CT molecular complexity index is 360. The quantitative estimate of drug-likeness (QED) is 0.264. The van der Waals surface area contributed by atoms with Crippen LogP contribution < -0.4 is 11.1 Å². The normalized spacial score (nSPS) is 26.4. The van der Waals surface area contributed by atoms with Crippen LogP contribution in [0.1, 0.15) is 58.8 Å². The first-order valence-corrected chi connectivity index (χ1v) is 8.98. The fraction of sp³-hybridized carbons (Fsp3) is 0.941. The van der Waals surface area contributed by atoms with Crippen LogP contribution in [0.2, 0.25) is 0 Å². The molecule has 2 atom stereocenters. The summed E-state index contributed by atoms with van der Waals surface area (Å²) in [4.78, 5) is 4.43. The maximum absolute atomic E-state index is 6.07. The van der Waals surface area contributed by atoms with Crippen molar-refractivity contribution < 1.29 is 9.47 Å². The number of rotatable bonds is 8. The summed E-state index contributed by atoms with van der Waals surface area (Å²) in [6.07, 6.45) is 8.88. The van der Waals surface area contributed by atoms with Crippen LogP contribution >= 0.6 is 24.0 Å². The molecule has 0 aromatic carbocycles. The molecule has 0 heterocycles. The predicted molar refractivity (Wildman–Crippen MR) is 105 cm³/mol. The molecule has 136 valence electrons. The lowest BCUT2D eigenvalue weighted by molar-refractivity contribution is -0.145. The Labute approximate surface area is 158 Å². The molecule has 0 saturated heterocycles. The highest BCUT2D eigenvalue weighted by Gasteiger charge is 2.55. The number of aliphatic imine (C=N–C) groups is 1. The van der Waals surface area contributed by atoms with Crippen LogP contribution in [0.25, 0.3) is 0 Å². The third kappa shape index (κ3) is 5.46. The van der Waals surface area contributed by atoms with Crippen molar-refractivity contribution in [3.63, 3.8) is 0 Å². The SMILES string of the molecule is CCOCCCN=C(N)NC1CC(OCC)C12CCCCC2.I. The molecule has 0 amide bonds. The molecule has 2 unspecified atom stereocenters. The Hall–Kier alpha value is -0.0800. The number of nitrogens with zero attached hydrogens (tertiary/aromatic N) is 1. The molecule has 6 heteroatoms. The van der Waals surface area contributed by atoms with Gasteiger partial charge < -0.3 is 20.5 Å². The number of hydrogen-bond acceptors (Lipinski definition) is 3. The summed E-state index contributed by atoms with van der Waals surface area (Å²) in [5.74, 6) is 0.585. The number of halogens is 1. The number of guanidine groups is 1. The summed E-state index contributed by atoms with van der Waals surface area (Å²) in [7, 11) is 0. The molecule has 2 saturated carbocycles. The average molecular weight is 439 g/mol. The summed E-state index contributed by atoms with van der Waals surface area (Å²) in [6, 6.07) is 0.431. The fourth-order valence-electron chi connectivity index (χ4n) is 4.00. The lowest BCUT2D eigenvalue weighted by Gasteiger charge is -2.57. The zero-order chi connectivity index (χ0) is 15.8. The van der Waals surface area contributed by atoms with E-state index in [4.69, 9.17) is 15.2 Å². The van der Waals surface area contributed by atoms with Gasteiger partial charge in [-0.3, -0.25) is 4.99 Å². The van der Waals surface area contributed by atoms with Crippen LogP contribution in [-0.4, -0.2) is 44.5 Å². The second-order valence-corrected chi connectivity index (χ2v) is 6.49. The Balaban J connectivity index is 0.00000264. The van der Waals surface area contributed by atoms with Crippen LogP contribution in [0.4, 0.5) is 0 Å². The van der Waals surface area contributed by atoms with Crippen molar-refractivity contribution in [2.75, 3.05) is 26.4 Å². The van der Waals surface area contributed by atoms with Gasteiger partial charge in [-0.05, 0) is 39.5 Å². The monoisotopic (exact) mass is 439 g/mol. The highest BCUT2D eigenvalue weighted by Crippen LogP contribution is 2.53. The van der Waals surface area contributed by atoms with Gasteiger partial charge in [-0.2, -0.15) is 0 Å². The minimum absolute atomic E-state index is 0. The molecule has 0 bridgehead atoms. The van der Waals surface area contributed by atoms with Crippen molar-refractivity contribution in [2.45, 2.75) is 70.9 Å². The van der Waals surface area contributed by atoms with Gasteiger partial charge in [-0.25, -0.2) is 0 Å². The number of ether oxygens (including phenoxy) is 2. The Morgan fingerprint density at radius 2 is 1.96 bits per heavy atom. The zero-order valence-corrected chi connectivity index (χ0v) is 17.0. The smallest absolute Gasteiger partial charge is 0.188 e. The summed E-state index contributed by atoms with van der Waals surface area (Å²) < 4.78 is 11.3. The third-order valence-electron chi connectivity index (χ3n) is 5.19. The first kappa shape index (κ1) is 21.0. The minimum Gasteiger partial charge on any atom is -0.382 e. The molecule has 2 rings (SSSR count). The van der Waals surface area contributed by atoms with Crippen LogP contribution in [0, 0.1) is 5.41 Å². The van der Waals surface area contributed by atoms with Gasteiger partial charge in [0, 0.05) is 37.8 Å². The van der Waals surface area contributed by atoms with Gasteiger partial charge in [0.2, 0.25) is 0 Å². The molecule has 3 N–H and O–H groups in total. The van der Waals surface area contributed by atoms with Crippen molar-refractivity contribution in [1.82, 2.24) is 5.32 Å². The summed E-state index contributed by atoms with van der Waals surface area (Å²) in [5.41, 5.74) is 6.36. The molecule has 23 heavy (non-hydrogen) atoms. The van der Waals surface area contributed by atoms with Crippen molar-refractivity contribution in [1.29, 1.82) is 0 Å². The molecule has 2 aliphatic rings. The first-order valence-electron chi connectivity index (χ1n) is 8.98. The van der Waals surface area contributed by atoms with Crippen molar-refractivity contribution >= 4 is 29.9 Å². The molecule has 1 spiro atoms. The maximum atomic E-state index is 6.07. The van der Waals surface area contributed by atoms with E-state index < -0.39 is 0 Å². The van der Waals surface area contributed by atoms with E-state index in [0.717, 1.165) is 39.2 Å². The number of hydrogen-bond donors (Lipinski definition) is 2. The highest BCUT2D eigenvalue weighted by atomic mass is 127. The molecular weight excluding hydrogens is 405 g/mol. The van der Waals surface area contributed by atoms with Crippen molar-refractivity contribution in [3.8, 4) is 0 Å². The van der Waals surface area contributed by atoms with Crippen LogP contribution in [-0.2, 0) is 9.47 Å². The number of nitrogens with two attached hydrogens (primary N) is 1. The number of nitrogens with one attached hydrogen (secondary N) is 1. The minimum atomic E-state index is 0. The largest absolute Gasteiger partial charge is 0.382 e. The Morgan fingerprint density at radius 1 is 1.22 bits per heavy atom. The molecule has 0 radical (unpaired) electrons. The first-order chi connectivity index (χ1) is 10.7. The fourth-order valence-corrected chi connectivity index (χ4v) is 4.00. The molecule has 0 aliphatic heterocycles. The van der Waals surface area contributed by atoms with Gasteiger partial charge >= 0.3 is 0 Å². The van der Waals surface area contributed by atoms with E-state index >= 15 is 0 Å². The molecular formula is C17H34IN3O2. The highest BCUT2D eigenvalue weighted by molar-refractivity contribution is 14.0. The molecule has 2 fully saturated rings. The second kappa shape index (κ2) is 10.7. The van der Waals surface area contributed by atoms with Gasteiger partial charge in [-0.15, -0.1) is 24.0 Å². The zero-order valence-electron chi connectivity index (χ0n) is 14.7.